The van der Waals surface area contributed by atoms with Gasteiger partial charge in [-0.25, -0.2) is 13.9 Å². The van der Waals surface area contributed by atoms with Crippen LogP contribution in [0.3, 0.4) is 0 Å². The molecule has 2 aliphatic heterocycles. The lowest BCUT2D eigenvalue weighted by atomic mass is 10.0. The molecule has 0 saturated carbocycles. The molecule has 1 unspecified atom stereocenters. The lowest BCUT2D eigenvalue weighted by Crippen LogP contribution is -2.71. The second-order valence-corrected chi connectivity index (χ2v) is 11.1. The maximum Gasteiger partial charge on any atom is 0.352 e. The van der Waals surface area contributed by atoms with Crippen LogP contribution >= 0.6 is 35.1 Å². The standard InChI is InChI=1S/C22H19FN10O5S3/c1-2-7-32-22(27-30-31-32)40-9-10-8-39-19-14(18(35)33(19)15(10)20(36)37)25-17(34)13(16-26-21(24)41-29-16)28-38-12-5-3-11(23)4-6-12/h2-6,14,19H,1,7-9H2,(H,25,34)(H,36,37)(H2,24,26,29)/t14?,19-/m1/s1. The second-order valence-electron chi connectivity index (χ2n) is 8.28. The molecule has 0 aliphatic carbocycles. The van der Waals surface area contributed by atoms with E-state index in [4.69, 9.17) is 10.6 Å². The summed E-state index contributed by atoms with van der Waals surface area (Å²) < 4.78 is 18.7. The van der Waals surface area contributed by atoms with E-state index in [0.29, 0.717) is 17.3 Å². The molecule has 1 aromatic carbocycles. The predicted octanol–water partition coefficient (Wildman–Crippen LogP) is 0.746. The Kier molecular flexibility index (Phi) is 8.26. The van der Waals surface area contributed by atoms with E-state index >= 15 is 0 Å². The van der Waals surface area contributed by atoms with Crippen LogP contribution in [-0.2, 0) is 20.9 Å². The van der Waals surface area contributed by atoms with Gasteiger partial charge in [0.2, 0.25) is 16.7 Å². The second kappa shape index (κ2) is 12.0. The number of β-lactam (4-membered cyclic amide) rings is 1. The molecule has 4 N–H and O–H groups in total. The van der Waals surface area contributed by atoms with Gasteiger partial charge < -0.3 is 21.0 Å². The number of aliphatic carboxylic acids is 1. The van der Waals surface area contributed by atoms with Crippen molar-refractivity contribution in [2.24, 2.45) is 5.16 Å². The van der Waals surface area contributed by atoms with Crippen LogP contribution in [0.5, 0.6) is 5.75 Å². The summed E-state index contributed by atoms with van der Waals surface area (Å²) in [6.07, 6.45) is 1.63. The normalized spacial score (nSPS) is 18.5. The average Bonchev–Trinajstić information content (AvgIpc) is 3.59. The molecule has 2 aliphatic rings. The van der Waals surface area contributed by atoms with E-state index in [1.165, 1.54) is 40.3 Å². The number of hydrogen-bond acceptors (Lipinski definition) is 14. The number of anilines is 1. The fourth-order valence-corrected chi connectivity index (χ4v) is 6.61. The number of nitrogens with zero attached hydrogens (tertiary/aromatic N) is 8. The number of oxime groups is 1. The summed E-state index contributed by atoms with van der Waals surface area (Å²) in [6, 6.07) is 3.85. The maximum atomic E-state index is 13.2. The molecule has 0 radical (unpaired) electrons. The lowest BCUT2D eigenvalue weighted by molar-refractivity contribution is -0.150. The number of carbonyl (C=O) groups excluding carboxylic acids is 2. The molecule has 1 saturated heterocycles. The van der Waals surface area contributed by atoms with E-state index in [9.17, 15) is 23.9 Å². The number of hydrogen-bond donors (Lipinski definition) is 3. The molecular formula is C22H19FN10O5S3. The summed E-state index contributed by atoms with van der Waals surface area (Å²) in [6.45, 7) is 4.03. The third kappa shape index (κ3) is 5.91. The van der Waals surface area contributed by atoms with Gasteiger partial charge in [0.1, 0.15) is 22.9 Å². The molecule has 3 aromatic rings. The molecule has 0 spiro atoms. The Hall–Kier alpha value is -4.36. The topological polar surface area (TPSA) is 204 Å². The van der Waals surface area contributed by atoms with Crippen molar-refractivity contribution in [3.05, 3.63) is 59.8 Å². The molecule has 4 heterocycles. The number of benzene rings is 1. The first kappa shape index (κ1) is 28.2. The van der Waals surface area contributed by atoms with Crippen LogP contribution in [0.25, 0.3) is 0 Å². The number of allylic oxidation sites excluding steroid dienone is 1. The number of tetrazole rings is 1. The Bertz CT molecular complexity index is 1570. The number of nitrogens with two attached hydrogens (primary N) is 1. The molecule has 41 heavy (non-hydrogen) atoms. The van der Waals surface area contributed by atoms with Crippen LogP contribution in [0.4, 0.5) is 9.52 Å². The highest BCUT2D eigenvalue weighted by molar-refractivity contribution is 8.01. The molecule has 1 fully saturated rings. The van der Waals surface area contributed by atoms with Crippen LogP contribution in [-0.4, -0.2) is 86.0 Å². The summed E-state index contributed by atoms with van der Waals surface area (Å²) in [7, 11) is 0. The highest BCUT2D eigenvalue weighted by Gasteiger charge is 2.54. The molecule has 2 amide bonds. The average molecular weight is 619 g/mol. The van der Waals surface area contributed by atoms with Crippen molar-refractivity contribution < 1.29 is 28.7 Å². The summed E-state index contributed by atoms with van der Waals surface area (Å²) in [5, 5.41) is 27.6. The van der Waals surface area contributed by atoms with Crippen LogP contribution in [0.1, 0.15) is 5.82 Å². The number of halogens is 1. The maximum absolute atomic E-state index is 13.2. The number of nitrogens with one attached hydrogen (secondary N) is 1. The quantitative estimate of drug-likeness (QED) is 0.0893. The molecule has 0 bridgehead atoms. The van der Waals surface area contributed by atoms with Crippen molar-refractivity contribution in [1.82, 2.24) is 39.8 Å². The number of aromatic nitrogens is 6. The number of thioether (sulfide) groups is 2. The zero-order valence-electron chi connectivity index (χ0n) is 20.7. The summed E-state index contributed by atoms with van der Waals surface area (Å²) in [5.74, 6) is -2.71. The van der Waals surface area contributed by atoms with Crippen molar-refractivity contribution >= 4 is 63.7 Å². The van der Waals surface area contributed by atoms with Gasteiger partial charge in [0.05, 0.1) is 6.54 Å². The summed E-state index contributed by atoms with van der Waals surface area (Å²) in [5.41, 5.74) is 5.64. The van der Waals surface area contributed by atoms with Gasteiger partial charge in [0, 0.05) is 23.0 Å². The largest absolute Gasteiger partial charge is 0.477 e. The highest BCUT2D eigenvalue weighted by atomic mass is 32.2. The Balaban J connectivity index is 1.31. The van der Waals surface area contributed by atoms with Gasteiger partial charge in [-0.3, -0.25) is 14.5 Å². The van der Waals surface area contributed by atoms with Crippen molar-refractivity contribution in [3.8, 4) is 5.75 Å². The fraction of sp³-hybridized carbons (Fsp3) is 0.227. The number of rotatable bonds is 11. The molecule has 2 atom stereocenters. The van der Waals surface area contributed by atoms with E-state index in [0.717, 1.165) is 28.6 Å². The van der Waals surface area contributed by atoms with Gasteiger partial charge in [-0.2, -0.15) is 9.36 Å². The molecule has 19 heteroatoms. The van der Waals surface area contributed by atoms with E-state index in [-0.39, 0.29) is 39.6 Å². The van der Waals surface area contributed by atoms with Crippen molar-refractivity contribution in [2.45, 2.75) is 23.1 Å². The van der Waals surface area contributed by atoms with Gasteiger partial charge in [0.15, 0.2) is 10.9 Å². The summed E-state index contributed by atoms with van der Waals surface area (Å²) >= 11 is 3.35. The first-order valence-corrected chi connectivity index (χ1v) is 14.4. The molecular weight excluding hydrogens is 600 g/mol. The van der Waals surface area contributed by atoms with Crippen molar-refractivity contribution in [1.29, 1.82) is 0 Å². The van der Waals surface area contributed by atoms with Gasteiger partial charge >= 0.3 is 5.97 Å². The van der Waals surface area contributed by atoms with Gasteiger partial charge in [-0.15, -0.1) is 23.4 Å². The number of fused-ring (bicyclic) bond motifs is 1. The third-order valence-corrected chi connectivity index (χ3v) is 8.56. The summed E-state index contributed by atoms with van der Waals surface area (Å²) in [4.78, 5) is 48.9. The molecule has 212 valence electrons. The van der Waals surface area contributed by atoms with Crippen LogP contribution < -0.4 is 15.9 Å². The predicted molar refractivity (Wildman–Crippen MR) is 146 cm³/mol. The minimum Gasteiger partial charge on any atom is -0.477 e. The lowest BCUT2D eigenvalue weighted by Gasteiger charge is -2.49. The van der Waals surface area contributed by atoms with Crippen LogP contribution in [0.15, 0.2) is 58.5 Å². The first-order chi connectivity index (χ1) is 19.8. The fourth-order valence-electron chi connectivity index (χ4n) is 3.80. The van der Waals surface area contributed by atoms with Gasteiger partial charge in [-0.05, 0) is 40.3 Å². The SMILES string of the molecule is C=CCn1nnnc1SCC1=C(C(=O)O)N2C(=O)C(NC(=O)C(=NOc3ccc(F)cc3)c3nsc(N)n3)[C@H]2SC1. The van der Waals surface area contributed by atoms with E-state index in [1.54, 1.807) is 6.08 Å². The van der Waals surface area contributed by atoms with E-state index in [1.807, 2.05) is 0 Å². The number of amides is 2. The Morgan fingerprint density at radius 2 is 2.15 bits per heavy atom. The van der Waals surface area contributed by atoms with Crippen LogP contribution in [0, 0.1) is 5.82 Å². The van der Waals surface area contributed by atoms with Gasteiger partial charge in [0.25, 0.3) is 11.8 Å². The van der Waals surface area contributed by atoms with E-state index in [2.05, 4.69) is 41.9 Å². The molecule has 2 aromatic heterocycles. The van der Waals surface area contributed by atoms with Gasteiger partial charge in [-0.1, -0.05) is 23.0 Å². The molecule has 15 nitrogen and oxygen atoms in total. The third-order valence-electron chi connectivity index (χ3n) is 5.64. The Morgan fingerprint density at radius 3 is 2.83 bits per heavy atom. The zero-order valence-corrected chi connectivity index (χ0v) is 23.2. The Morgan fingerprint density at radius 1 is 1.37 bits per heavy atom. The minimum absolute atomic E-state index is 0.0659. The van der Waals surface area contributed by atoms with Crippen LogP contribution in [0.2, 0.25) is 0 Å². The zero-order chi connectivity index (χ0) is 29.1. The van der Waals surface area contributed by atoms with E-state index < -0.39 is 35.0 Å². The number of carbonyl (C=O) groups is 3. The van der Waals surface area contributed by atoms with Crippen molar-refractivity contribution in [3.63, 3.8) is 0 Å². The minimum atomic E-state index is -1.27. The number of carboxylic acids is 1. The smallest absolute Gasteiger partial charge is 0.352 e. The monoisotopic (exact) mass is 618 g/mol. The highest BCUT2D eigenvalue weighted by Crippen LogP contribution is 2.41. The first-order valence-electron chi connectivity index (χ1n) is 11.6. The Labute approximate surface area is 242 Å². The molecule has 5 rings (SSSR count). The number of nitrogen functional groups attached to an aromatic ring is 1. The number of carboxylic acid groups (broad SMARTS) is 1. The van der Waals surface area contributed by atoms with Crippen molar-refractivity contribution in [2.75, 3.05) is 17.2 Å².